The first-order valence-electron chi connectivity index (χ1n) is 9.25. The number of carbonyl (C=O) groups excluding carboxylic acids is 1. The number of nitrogens with one attached hydrogen (secondary N) is 1. The van der Waals surface area contributed by atoms with Crippen LogP contribution in [0.5, 0.6) is 11.5 Å². The van der Waals surface area contributed by atoms with Crippen molar-refractivity contribution in [2.45, 2.75) is 24.5 Å². The molecule has 0 aliphatic heterocycles. The molecule has 3 rings (SSSR count). The number of carbonyl (C=O) groups is 1. The maximum Gasteiger partial charge on any atom is 0.324 e. The predicted octanol–water partition coefficient (Wildman–Crippen LogP) is 3.24. The van der Waals surface area contributed by atoms with Crippen LogP contribution in [0.15, 0.2) is 58.8 Å². The maximum atomic E-state index is 12.3. The molecule has 31 heavy (non-hydrogen) atoms. The summed E-state index contributed by atoms with van der Waals surface area (Å²) in [6.45, 7) is 1.34. The molecule has 0 aliphatic rings. The monoisotopic (exact) mass is 462 g/mol. The van der Waals surface area contributed by atoms with Gasteiger partial charge in [0.2, 0.25) is 10.0 Å². The normalized spacial score (nSPS) is 12.2. The molecule has 1 unspecified atom stereocenters. The largest absolute Gasteiger partial charge is 0.493 e. The molecular formula is C21H22N2O6S2. The Hall–Kier alpha value is -2.95. The lowest BCUT2D eigenvalue weighted by molar-refractivity contribution is -0.146. The van der Waals surface area contributed by atoms with Crippen molar-refractivity contribution < 1.29 is 27.4 Å². The number of benzene rings is 2. The van der Waals surface area contributed by atoms with Crippen LogP contribution in [-0.2, 0) is 26.2 Å². The Morgan fingerprint density at radius 1 is 1.10 bits per heavy atom. The zero-order valence-electron chi connectivity index (χ0n) is 17.2. The van der Waals surface area contributed by atoms with E-state index in [2.05, 4.69) is 9.71 Å². The van der Waals surface area contributed by atoms with Crippen molar-refractivity contribution in [1.82, 2.24) is 9.71 Å². The SMILES string of the molecule is COc1cccc(-c2nc(COC(=O)C(C)NS(=O)(=O)c3ccccc3)cs2)c1OC. The van der Waals surface area contributed by atoms with Gasteiger partial charge >= 0.3 is 5.97 Å². The average molecular weight is 463 g/mol. The van der Waals surface area contributed by atoms with Gasteiger partial charge in [0, 0.05) is 5.38 Å². The summed E-state index contributed by atoms with van der Waals surface area (Å²) < 4.78 is 43.0. The highest BCUT2D eigenvalue weighted by Gasteiger charge is 2.23. The minimum Gasteiger partial charge on any atom is -0.493 e. The van der Waals surface area contributed by atoms with Gasteiger partial charge in [0.05, 0.1) is 30.4 Å². The summed E-state index contributed by atoms with van der Waals surface area (Å²) >= 11 is 1.37. The lowest BCUT2D eigenvalue weighted by atomic mass is 10.2. The first-order chi connectivity index (χ1) is 14.9. The molecule has 0 fully saturated rings. The number of sulfonamides is 1. The van der Waals surface area contributed by atoms with Gasteiger partial charge in [-0.2, -0.15) is 4.72 Å². The van der Waals surface area contributed by atoms with E-state index in [1.807, 2.05) is 12.1 Å². The molecule has 1 heterocycles. The van der Waals surface area contributed by atoms with Gasteiger partial charge in [-0.3, -0.25) is 4.79 Å². The smallest absolute Gasteiger partial charge is 0.324 e. The van der Waals surface area contributed by atoms with Gasteiger partial charge in [-0.05, 0) is 31.2 Å². The maximum absolute atomic E-state index is 12.3. The molecule has 1 N–H and O–H groups in total. The van der Waals surface area contributed by atoms with Crippen molar-refractivity contribution in [3.05, 3.63) is 59.6 Å². The zero-order valence-corrected chi connectivity index (χ0v) is 18.8. The van der Waals surface area contributed by atoms with Gasteiger partial charge in [-0.1, -0.05) is 24.3 Å². The summed E-state index contributed by atoms with van der Waals surface area (Å²) in [5.41, 5.74) is 1.30. The summed E-state index contributed by atoms with van der Waals surface area (Å²) in [6.07, 6.45) is 0. The minimum absolute atomic E-state index is 0.0750. The molecule has 8 nitrogen and oxygen atoms in total. The van der Waals surface area contributed by atoms with Crippen molar-refractivity contribution in [2.24, 2.45) is 0 Å². The van der Waals surface area contributed by atoms with E-state index in [4.69, 9.17) is 14.2 Å². The number of esters is 1. The van der Waals surface area contributed by atoms with E-state index in [-0.39, 0.29) is 11.5 Å². The van der Waals surface area contributed by atoms with E-state index >= 15 is 0 Å². The Morgan fingerprint density at radius 3 is 2.52 bits per heavy atom. The molecule has 1 aromatic heterocycles. The van der Waals surface area contributed by atoms with E-state index in [9.17, 15) is 13.2 Å². The highest BCUT2D eigenvalue weighted by Crippen LogP contribution is 2.39. The lowest BCUT2D eigenvalue weighted by Crippen LogP contribution is -2.39. The molecule has 3 aromatic rings. The highest BCUT2D eigenvalue weighted by molar-refractivity contribution is 7.89. The van der Waals surface area contributed by atoms with Crippen LogP contribution in [-0.4, -0.2) is 39.6 Å². The van der Waals surface area contributed by atoms with Crippen LogP contribution in [0.3, 0.4) is 0 Å². The third kappa shape index (κ3) is 5.40. The number of thiazole rings is 1. The number of methoxy groups -OCH3 is 2. The van der Waals surface area contributed by atoms with Gasteiger partial charge < -0.3 is 14.2 Å². The number of hydrogen-bond donors (Lipinski definition) is 1. The third-order valence-corrected chi connectivity index (χ3v) is 6.77. The summed E-state index contributed by atoms with van der Waals surface area (Å²) in [5, 5.41) is 2.44. The minimum atomic E-state index is -3.82. The van der Waals surface area contributed by atoms with Crippen LogP contribution in [0, 0.1) is 0 Å². The topological polar surface area (TPSA) is 104 Å². The van der Waals surface area contributed by atoms with Crippen molar-refractivity contribution >= 4 is 27.3 Å². The molecule has 0 aliphatic carbocycles. The molecular weight excluding hydrogens is 440 g/mol. The van der Waals surface area contributed by atoms with Gasteiger partial charge in [-0.15, -0.1) is 11.3 Å². The second kappa shape index (κ2) is 9.90. The van der Waals surface area contributed by atoms with E-state index in [0.717, 1.165) is 5.56 Å². The van der Waals surface area contributed by atoms with E-state index in [1.54, 1.807) is 43.9 Å². The summed E-state index contributed by atoms with van der Waals surface area (Å²) in [5.74, 6) is 0.447. The summed E-state index contributed by atoms with van der Waals surface area (Å²) in [7, 11) is -0.716. The first kappa shape index (κ1) is 22.7. The fourth-order valence-electron chi connectivity index (χ4n) is 2.77. The zero-order chi connectivity index (χ0) is 22.4. The predicted molar refractivity (Wildman–Crippen MR) is 117 cm³/mol. The molecule has 164 valence electrons. The van der Waals surface area contributed by atoms with Crippen molar-refractivity contribution in [3.8, 4) is 22.1 Å². The number of aromatic nitrogens is 1. The fourth-order valence-corrected chi connectivity index (χ4v) is 4.81. The van der Waals surface area contributed by atoms with Crippen LogP contribution in [0.2, 0.25) is 0 Å². The summed E-state index contributed by atoms with van der Waals surface area (Å²) in [6, 6.07) is 12.2. The molecule has 0 saturated heterocycles. The second-order valence-electron chi connectivity index (χ2n) is 6.45. The first-order valence-corrected chi connectivity index (χ1v) is 11.6. The molecule has 0 bridgehead atoms. The van der Waals surface area contributed by atoms with Gasteiger partial charge in [-0.25, -0.2) is 13.4 Å². The Bertz CT molecular complexity index is 1150. The molecule has 0 amide bonds. The van der Waals surface area contributed by atoms with Crippen LogP contribution >= 0.6 is 11.3 Å². The van der Waals surface area contributed by atoms with Crippen LogP contribution in [0.25, 0.3) is 10.6 Å². The van der Waals surface area contributed by atoms with Crippen molar-refractivity contribution in [3.63, 3.8) is 0 Å². The molecule has 1 atom stereocenters. The lowest BCUT2D eigenvalue weighted by Gasteiger charge is -2.13. The van der Waals surface area contributed by atoms with Crippen LogP contribution in [0.1, 0.15) is 12.6 Å². The Kier molecular flexibility index (Phi) is 7.26. The van der Waals surface area contributed by atoms with Crippen molar-refractivity contribution in [2.75, 3.05) is 14.2 Å². The third-order valence-electron chi connectivity index (χ3n) is 4.29. The number of rotatable bonds is 9. The Balaban J connectivity index is 1.64. The second-order valence-corrected chi connectivity index (χ2v) is 9.02. The number of ether oxygens (including phenoxy) is 3. The van der Waals surface area contributed by atoms with E-state index in [0.29, 0.717) is 22.2 Å². The van der Waals surface area contributed by atoms with Crippen molar-refractivity contribution in [1.29, 1.82) is 0 Å². The summed E-state index contributed by atoms with van der Waals surface area (Å²) in [4.78, 5) is 16.8. The number of para-hydroxylation sites is 1. The number of hydrogen-bond acceptors (Lipinski definition) is 8. The van der Waals surface area contributed by atoms with Crippen LogP contribution in [0.4, 0.5) is 0 Å². The standard InChI is InChI=1S/C21H22N2O6S2/c1-14(23-31(25,26)16-8-5-4-6-9-16)21(24)29-12-15-13-30-20(22-15)17-10-7-11-18(27-2)19(17)28-3/h4-11,13-14,23H,12H2,1-3H3. The number of nitrogens with zero attached hydrogens (tertiary/aromatic N) is 1. The molecule has 0 spiro atoms. The van der Waals surface area contributed by atoms with E-state index < -0.39 is 22.0 Å². The molecule has 10 heteroatoms. The highest BCUT2D eigenvalue weighted by atomic mass is 32.2. The van der Waals surface area contributed by atoms with Gasteiger partial charge in [0.1, 0.15) is 17.7 Å². The van der Waals surface area contributed by atoms with E-state index in [1.165, 1.54) is 30.4 Å². The van der Waals surface area contributed by atoms with Crippen LogP contribution < -0.4 is 14.2 Å². The Labute approximate surface area is 184 Å². The van der Waals surface area contributed by atoms with Gasteiger partial charge in [0.25, 0.3) is 0 Å². The molecule has 0 radical (unpaired) electrons. The quantitative estimate of drug-likeness (QED) is 0.487. The van der Waals surface area contributed by atoms with Gasteiger partial charge in [0.15, 0.2) is 11.5 Å². The molecule has 0 saturated carbocycles. The molecule has 2 aromatic carbocycles. The Morgan fingerprint density at radius 2 is 1.84 bits per heavy atom. The fraction of sp³-hybridized carbons (Fsp3) is 0.238. The average Bonchev–Trinajstić information content (AvgIpc) is 3.26.